The maximum Gasteiger partial charge on any atom is 0.305 e. The van der Waals surface area contributed by atoms with Gasteiger partial charge in [0.15, 0.2) is 11.4 Å². The highest BCUT2D eigenvalue weighted by atomic mass is 16.5. The summed E-state index contributed by atoms with van der Waals surface area (Å²) in [7, 11) is 2.95. The van der Waals surface area contributed by atoms with Gasteiger partial charge < -0.3 is 30.9 Å². The van der Waals surface area contributed by atoms with Crippen LogP contribution >= 0.6 is 0 Å². The van der Waals surface area contributed by atoms with E-state index in [1.807, 2.05) is 20.8 Å². The van der Waals surface area contributed by atoms with Gasteiger partial charge in [-0.15, -0.1) is 0 Å². The Hall–Kier alpha value is -3.70. The number of phenols is 1. The number of ketones is 2. The van der Waals surface area contributed by atoms with Crippen molar-refractivity contribution in [1.29, 1.82) is 0 Å². The number of likely N-dealkylation sites (N-methyl/N-ethyl adjacent to an activating group) is 1. The van der Waals surface area contributed by atoms with Crippen LogP contribution in [0.5, 0.6) is 5.75 Å². The van der Waals surface area contributed by atoms with E-state index in [1.165, 1.54) is 19.0 Å². The summed E-state index contributed by atoms with van der Waals surface area (Å²) >= 11 is 0. The first kappa shape index (κ1) is 29.3. The number of aliphatic hydroxyl groups excluding tert-OH is 2. The molecular weight excluding hydrogens is 520 g/mol. The van der Waals surface area contributed by atoms with Crippen molar-refractivity contribution in [3.05, 3.63) is 45.7 Å². The molecule has 1 aromatic rings. The molecule has 1 aromatic carbocycles. The number of amides is 1. The first-order chi connectivity index (χ1) is 18.4. The second-order valence-electron chi connectivity index (χ2n) is 12.0. The lowest BCUT2D eigenvalue weighted by Crippen LogP contribution is -2.71. The summed E-state index contributed by atoms with van der Waals surface area (Å²) in [6, 6.07) is 2.03. The predicted molar refractivity (Wildman–Crippen MR) is 143 cm³/mol. The molecule has 11 nitrogen and oxygen atoms in total. The Kier molecular flexibility index (Phi) is 6.92. The number of hydrogen-bond acceptors (Lipinski definition) is 10. The van der Waals surface area contributed by atoms with E-state index in [-0.39, 0.29) is 17.7 Å². The Morgan fingerprint density at radius 2 is 1.73 bits per heavy atom. The molecule has 0 radical (unpaired) electrons. The minimum Gasteiger partial charge on any atom is -0.508 e. The Balaban J connectivity index is 2.13. The quantitative estimate of drug-likeness (QED) is 0.270. The second kappa shape index (κ2) is 9.45. The smallest absolute Gasteiger partial charge is 0.305 e. The number of aromatic hydroxyl groups is 1. The van der Waals surface area contributed by atoms with E-state index in [4.69, 9.17) is 10.5 Å². The monoisotopic (exact) mass is 556 g/mol. The summed E-state index contributed by atoms with van der Waals surface area (Å²) in [5.41, 5.74) is 1.50. The van der Waals surface area contributed by atoms with E-state index in [1.54, 1.807) is 26.0 Å². The average Bonchev–Trinajstić information content (AvgIpc) is 2.84. The van der Waals surface area contributed by atoms with Gasteiger partial charge in [0.1, 0.15) is 28.9 Å². The van der Waals surface area contributed by atoms with Crippen molar-refractivity contribution in [2.24, 2.45) is 17.6 Å². The number of nitrogens with zero attached hydrogens (tertiary/aromatic N) is 1. The number of ether oxygens (including phenoxy) is 1. The van der Waals surface area contributed by atoms with E-state index < -0.39 is 87.0 Å². The van der Waals surface area contributed by atoms with Gasteiger partial charge in [-0.3, -0.25) is 24.1 Å². The third kappa shape index (κ3) is 3.86. The lowest BCUT2D eigenvalue weighted by Gasteiger charge is -2.54. The third-order valence-corrected chi connectivity index (χ3v) is 8.47. The van der Waals surface area contributed by atoms with E-state index in [9.17, 15) is 39.6 Å². The number of primary amides is 1. The molecule has 3 aliphatic carbocycles. The molecule has 11 heteroatoms. The molecule has 0 spiro atoms. The van der Waals surface area contributed by atoms with Gasteiger partial charge >= 0.3 is 5.97 Å². The first-order valence-electron chi connectivity index (χ1n) is 13.1. The standard InChI is InChI=1S/C29H36N2O9/c1-8-14(32)40-24-15-11(2)12-9-10-13(28(3,4)5)21(33)16(12)22(34)17(15)25(36)29(39)19(24)20(31(6)7)23(35)18(26(29)37)27(30)38/h9-11,15,19-20,24,33-34,37,39H,8H2,1-7H3,(H2,30,38)/t11-,15+,19+,20+,24-,29+/m1/s1. The number of esters is 1. The zero-order valence-electron chi connectivity index (χ0n) is 23.6. The van der Waals surface area contributed by atoms with Gasteiger partial charge in [0.2, 0.25) is 5.78 Å². The molecule has 0 bridgehead atoms. The van der Waals surface area contributed by atoms with Crippen molar-refractivity contribution < 1.29 is 44.3 Å². The number of nitrogens with two attached hydrogens (primary N) is 1. The van der Waals surface area contributed by atoms with Crippen molar-refractivity contribution in [1.82, 2.24) is 4.90 Å². The van der Waals surface area contributed by atoms with Crippen LogP contribution in [0.1, 0.15) is 63.6 Å². The fourth-order valence-electron chi connectivity index (χ4n) is 6.57. The molecule has 0 heterocycles. The molecular formula is C29H36N2O9. The Labute approximate surface area is 231 Å². The highest BCUT2D eigenvalue weighted by molar-refractivity contribution is 6.24. The van der Waals surface area contributed by atoms with Crippen molar-refractivity contribution in [2.75, 3.05) is 14.1 Å². The van der Waals surface area contributed by atoms with E-state index in [2.05, 4.69) is 0 Å². The van der Waals surface area contributed by atoms with Crippen LogP contribution in [-0.4, -0.2) is 80.6 Å². The maximum atomic E-state index is 14.3. The lowest BCUT2D eigenvalue weighted by molar-refractivity contribution is -0.185. The van der Waals surface area contributed by atoms with Crippen LogP contribution in [0, 0.1) is 11.8 Å². The molecule has 0 saturated heterocycles. The van der Waals surface area contributed by atoms with Gasteiger partial charge in [-0.05, 0) is 31.0 Å². The van der Waals surface area contributed by atoms with E-state index >= 15 is 0 Å². The Morgan fingerprint density at radius 1 is 1.12 bits per heavy atom. The number of fused-ring (bicyclic) bond motifs is 3. The van der Waals surface area contributed by atoms with Crippen LogP contribution in [-0.2, 0) is 29.3 Å². The lowest BCUT2D eigenvalue weighted by atomic mass is 9.54. The summed E-state index contributed by atoms with van der Waals surface area (Å²) in [6.45, 7) is 8.85. The highest BCUT2D eigenvalue weighted by Crippen LogP contribution is 2.57. The molecule has 6 atom stereocenters. The number of benzene rings is 1. The minimum absolute atomic E-state index is 0.0169. The van der Waals surface area contributed by atoms with Crippen LogP contribution in [0.25, 0.3) is 5.76 Å². The van der Waals surface area contributed by atoms with Gasteiger partial charge in [0.05, 0.1) is 17.5 Å². The van der Waals surface area contributed by atoms with Gasteiger partial charge in [-0.25, -0.2) is 0 Å². The van der Waals surface area contributed by atoms with Crippen LogP contribution in [0.4, 0.5) is 0 Å². The third-order valence-electron chi connectivity index (χ3n) is 8.47. The molecule has 216 valence electrons. The van der Waals surface area contributed by atoms with Crippen LogP contribution in [0.15, 0.2) is 29.0 Å². The number of carbonyl (C=O) groups excluding carboxylic acids is 4. The minimum atomic E-state index is -2.96. The largest absolute Gasteiger partial charge is 0.508 e. The van der Waals surface area contributed by atoms with E-state index in [0.717, 1.165) is 0 Å². The van der Waals surface area contributed by atoms with E-state index in [0.29, 0.717) is 11.1 Å². The zero-order valence-corrected chi connectivity index (χ0v) is 23.6. The summed E-state index contributed by atoms with van der Waals surface area (Å²) < 4.78 is 5.82. The maximum absolute atomic E-state index is 14.3. The molecule has 0 unspecified atom stereocenters. The number of Topliss-reactive ketones (excluding diaryl/α,β-unsaturated/α-hetero) is 2. The fourth-order valence-corrected chi connectivity index (χ4v) is 6.57. The SMILES string of the molecule is CCC(=O)O[C@@H]1[C@@H]2C(=C(O)c3c(ccc(C(C)(C)C)c3O)[C@H]2C)C(=O)[C@]2(O)C(O)=C(C(N)=O)C(=O)[C@@H](N(C)C)[C@@H]12. The van der Waals surface area contributed by atoms with Crippen molar-refractivity contribution in [2.45, 2.75) is 70.1 Å². The number of rotatable bonds is 4. The number of carbonyl (C=O) groups is 4. The van der Waals surface area contributed by atoms with Gasteiger partial charge in [0, 0.05) is 23.5 Å². The van der Waals surface area contributed by atoms with Crippen LogP contribution < -0.4 is 5.73 Å². The van der Waals surface area contributed by atoms with Crippen molar-refractivity contribution >= 4 is 29.2 Å². The number of phenolic OH excluding ortho intramolecular Hbond substituents is 1. The summed E-state index contributed by atoms with van der Waals surface area (Å²) in [5, 5.41) is 46.1. The topological polar surface area (TPSA) is 188 Å². The molecule has 4 rings (SSSR count). The molecule has 1 saturated carbocycles. The summed E-state index contributed by atoms with van der Waals surface area (Å²) in [4.78, 5) is 54.1. The van der Waals surface area contributed by atoms with Crippen LogP contribution in [0.3, 0.4) is 0 Å². The summed E-state index contributed by atoms with van der Waals surface area (Å²) in [6.07, 6.45) is -1.49. The molecule has 1 fully saturated rings. The molecule has 6 N–H and O–H groups in total. The molecule has 1 amide bonds. The normalized spacial score (nSPS) is 30.2. The zero-order chi connectivity index (χ0) is 30.2. The van der Waals surface area contributed by atoms with Gasteiger partial charge in [-0.2, -0.15) is 0 Å². The number of hydrogen-bond donors (Lipinski definition) is 5. The predicted octanol–water partition coefficient (Wildman–Crippen LogP) is 1.75. The number of aliphatic hydroxyl groups is 3. The van der Waals surface area contributed by atoms with Crippen LogP contribution in [0.2, 0.25) is 0 Å². The first-order valence-corrected chi connectivity index (χ1v) is 13.1. The molecule has 0 aromatic heterocycles. The van der Waals surface area contributed by atoms with Crippen molar-refractivity contribution in [3.63, 3.8) is 0 Å². The second-order valence-corrected chi connectivity index (χ2v) is 12.0. The molecule has 40 heavy (non-hydrogen) atoms. The summed E-state index contributed by atoms with van der Waals surface area (Å²) in [5.74, 6) is -9.65. The fraction of sp³-hybridized carbons (Fsp3) is 0.517. The van der Waals surface area contributed by atoms with Gasteiger partial charge in [-0.1, -0.05) is 46.8 Å². The van der Waals surface area contributed by atoms with Gasteiger partial charge in [0.25, 0.3) is 5.91 Å². The highest BCUT2D eigenvalue weighted by Gasteiger charge is 2.69. The molecule has 3 aliphatic rings. The molecule has 0 aliphatic heterocycles. The van der Waals surface area contributed by atoms with Crippen molar-refractivity contribution in [3.8, 4) is 5.75 Å². The Bertz CT molecular complexity index is 1400. The Morgan fingerprint density at radius 3 is 2.23 bits per heavy atom. The average molecular weight is 557 g/mol.